The Morgan fingerprint density at radius 2 is 1.67 bits per heavy atom. The molecule has 0 aliphatic heterocycles. The molecule has 3 aliphatic carbocycles. The first-order valence-electron chi connectivity index (χ1n) is 16.0. The smallest absolute Gasteiger partial charge is 0.453 e. The van der Waals surface area contributed by atoms with Crippen LogP contribution in [0.25, 0.3) is 0 Å². The number of halogens is 5. The number of carbonyl (C=O) groups excluding carboxylic acids is 1. The summed E-state index contributed by atoms with van der Waals surface area (Å²) in [4.78, 5) is 11.8. The van der Waals surface area contributed by atoms with Crippen molar-refractivity contribution in [1.82, 2.24) is 0 Å². The molecule has 0 bridgehead atoms. The molecule has 4 rings (SSSR count). The molecule has 0 radical (unpaired) electrons. The number of ether oxygens (including phenoxy) is 1. The maximum Gasteiger partial charge on any atom is 0.453 e. The van der Waals surface area contributed by atoms with Gasteiger partial charge in [0.05, 0.1) is 0 Å². The van der Waals surface area contributed by atoms with E-state index in [4.69, 9.17) is 4.74 Å². The third-order valence-electron chi connectivity index (χ3n) is 10.6. The zero-order valence-electron chi connectivity index (χ0n) is 25.4. The highest BCUT2D eigenvalue weighted by Crippen LogP contribution is 2.63. The fourth-order valence-electron chi connectivity index (χ4n) is 8.44. The van der Waals surface area contributed by atoms with Gasteiger partial charge >= 0.3 is 18.1 Å². The highest BCUT2D eigenvalue weighted by Gasteiger charge is 2.58. The Kier molecular flexibility index (Phi) is 11.2. The largest absolute Gasteiger partial charge is 0.508 e. The van der Waals surface area contributed by atoms with Gasteiger partial charge in [0.2, 0.25) is 0 Å². The monoisotopic (exact) mass is 634 g/mol. The van der Waals surface area contributed by atoms with Gasteiger partial charge in [-0.2, -0.15) is 22.0 Å². The van der Waals surface area contributed by atoms with E-state index in [1.54, 1.807) is 0 Å². The second-order valence-electron chi connectivity index (χ2n) is 13.4. The minimum absolute atomic E-state index is 0.00236. The van der Waals surface area contributed by atoms with Crippen molar-refractivity contribution in [1.29, 1.82) is 0 Å². The van der Waals surface area contributed by atoms with Crippen molar-refractivity contribution in [2.45, 2.75) is 128 Å². The number of alkyl halides is 5. The molecule has 244 valence electrons. The van der Waals surface area contributed by atoms with Crippen LogP contribution >= 0.6 is 0 Å². The Hall–Kier alpha value is -1.71. The first-order valence-corrected chi connectivity index (χ1v) is 17.5. The summed E-state index contributed by atoms with van der Waals surface area (Å²) in [6, 6.07) is 5.87. The SMILES string of the molecule is CC(=O)O[C@H]1CC[C@H]2[C@@H]3[C@H](CCCCCCCCCS(=O)CCC(F)(F)C(F)(F)F)Cc4cc(O)ccc4[C@H]3CC[C@]12C. The summed E-state index contributed by atoms with van der Waals surface area (Å²) in [5.41, 5.74) is 2.65. The van der Waals surface area contributed by atoms with Gasteiger partial charge in [0.25, 0.3) is 0 Å². The number of fused-ring (bicyclic) bond motifs is 5. The molecule has 0 heterocycles. The van der Waals surface area contributed by atoms with Crippen LogP contribution in [-0.4, -0.2) is 45.0 Å². The average molecular weight is 635 g/mol. The van der Waals surface area contributed by atoms with Crippen LogP contribution < -0.4 is 0 Å². The Morgan fingerprint density at radius 3 is 2.35 bits per heavy atom. The van der Waals surface area contributed by atoms with Crippen LogP contribution in [0.3, 0.4) is 0 Å². The third kappa shape index (κ3) is 8.12. The summed E-state index contributed by atoms with van der Waals surface area (Å²) in [7, 11) is -1.67. The van der Waals surface area contributed by atoms with Crippen LogP contribution in [0.5, 0.6) is 5.75 Å². The van der Waals surface area contributed by atoms with Crippen LogP contribution in [0, 0.1) is 23.2 Å². The second-order valence-corrected chi connectivity index (χ2v) is 15.1. The van der Waals surface area contributed by atoms with Gasteiger partial charge in [0.15, 0.2) is 0 Å². The first kappa shape index (κ1) is 34.2. The van der Waals surface area contributed by atoms with Gasteiger partial charge in [0, 0.05) is 41.1 Å². The minimum atomic E-state index is -5.59. The maximum atomic E-state index is 13.0. The van der Waals surface area contributed by atoms with Gasteiger partial charge in [-0.3, -0.25) is 9.00 Å². The molecule has 10 heteroatoms. The van der Waals surface area contributed by atoms with Crippen molar-refractivity contribution in [3.05, 3.63) is 29.3 Å². The van der Waals surface area contributed by atoms with E-state index < -0.39 is 35.1 Å². The summed E-state index contributed by atoms with van der Waals surface area (Å²) in [5, 5.41) is 10.2. The zero-order valence-corrected chi connectivity index (χ0v) is 26.2. The summed E-state index contributed by atoms with van der Waals surface area (Å²) < 4.78 is 80.5. The second kappa shape index (κ2) is 14.2. The topological polar surface area (TPSA) is 63.6 Å². The molecule has 0 aromatic heterocycles. The molecule has 1 unspecified atom stereocenters. The summed E-state index contributed by atoms with van der Waals surface area (Å²) >= 11 is 0. The predicted octanol–water partition coefficient (Wildman–Crippen LogP) is 8.86. The Labute approximate surface area is 255 Å². The van der Waals surface area contributed by atoms with Crippen molar-refractivity contribution < 1.29 is 40.8 Å². The van der Waals surface area contributed by atoms with E-state index in [0.29, 0.717) is 35.8 Å². The molecule has 2 saturated carbocycles. The Bertz CT molecular complexity index is 1130. The Balaban J connectivity index is 1.22. The summed E-state index contributed by atoms with van der Waals surface area (Å²) in [5.74, 6) is -3.12. The lowest BCUT2D eigenvalue weighted by atomic mass is 9.52. The molecular formula is C33H47F5O4S. The molecule has 1 aromatic carbocycles. The molecule has 43 heavy (non-hydrogen) atoms. The third-order valence-corrected chi connectivity index (χ3v) is 12.0. The van der Waals surface area contributed by atoms with E-state index in [1.165, 1.54) is 18.1 Å². The number of hydrogen-bond acceptors (Lipinski definition) is 4. The average Bonchev–Trinajstić information content (AvgIpc) is 3.25. The van der Waals surface area contributed by atoms with Crippen molar-refractivity contribution in [3.63, 3.8) is 0 Å². The van der Waals surface area contributed by atoms with E-state index in [2.05, 4.69) is 13.0 Å². The molecule has 7 atom stereocenters. The van der Waals surface area contributed by atoms with Gasteiger partial charge in [-0.1, -0.05) is 51.5 Å². The lowest BCUT2D eigenvalue weighted by Gasteiger charge is -2.53. The lowest BCUT2D eigenvalue weighted by molar-refractivity contribution is -0.282. The molecule has 0 spiro atoms. The number of aromatic hydroxyl groups is 1. The lowest BCUT2D eigenvalue weighted by Crippen LogP contribution is -2.48. The zero-order chi connectivity index (χ0) is 31.4. The molecule has 3 aliphatic rings. The van der Waals surface area contributed by atoms with Crippen LogP contribution in [0.15, 0.2) is 18.2 Å². The molecule has 4 nitrogen and oxygen atoms in total. The number of rotatable bonds is 14. The number of phenolic OH excluding ortho intramolecular Hbond substituents is 1. The van der Waals surface area contributed by atoms with Crippen LogP contribution in [0.4, 0.5) is 22.0 Å². The maximum absolute atomic E-state index is 13.0. The fourth-order valence-corrected chi connectivity index (χ4v) is 9.66. The number of phenols is 1. The van der Waals surface area contributed by atoms with Gasteiger partial charge in [-0.05, 0) is 91.9 Å². The first-order chi connectivity index (χ1) is 20.2. The van der Waals surface area contributed by atoms with Crippen LogP contribution in [0.1, 0.15) is 114 Å². The predicted molar refractivity (Wildman–Crippen MR) is 158 cm³/mol. The minimum Gasteiger partial charge on any atom is -0.508 e. The molecular weight excluding hydrogens is 587 g/mol. The van der Waals surface area contributed by atoms with E-state index >= 15 is 0 Å². The standard InChI is InChI=1S/C33H47F5O4S/c1-22(39)42-29-14-13-28-30-23(20-24-21-25(40)11-12-26(24)27(30)15-16-31(28,29)2)10-8-6-4-3-5-7-9-18-43(41)19-17-32(34,35)33(36,37)38/h11-12,21,23,27-30,40H,3-10,13-20H2,1-2H3/t23-,27-,28+,29+,30-,31+,43?/m1/s1. The number of unbranched alkanes of at least 4 members (excludes halogenated alkanes) is 6. The molecule has 0 saturated heterocycles. The molecule has 0 amide bonds. The molecule has 1 N–H and O–H groups in total. The van der Waals surface area contributed by atoms with Crippen LogP contribution in [-0.2, 0) is 26.8 Å². The normalized spacial score (nSPS) is 29.4. The van der Waals surface area contributed by atoms with Crippen molar-refractivity contribution in [3.8, 4) is 5.75 Å². The van der Waals surface area contributed by atoms with Gasteiger partial charge in [-0.25, -0.2) is 0 Å². The molecule has 1 aromatic rings. The number of carbonyl (C=O) groups is 1. The Morgan fingerprint density at radius 1 is 1.00 bits per heavy atom. The fraction of sp³-hybridized carbons (Fsp3) is 0.788. The van der Waals surface area contributed by atoms with Crippen molar-refractivity contribution in [2.24, 2.45) is 23.2 Å². The van der Waals surface area contributed by atoms with E-state index in [9.17, 15) is 36.1 Å². The highest BCUT2D eigenvalue weighted by atomic mass is 32.2. The number of hydrogen-bond donors (Lipinski definition) is 1. The van der Waals surface area contributed by atoms with Crippen molar-refractivity contribution >= 4 is 16.8 Å². The van der Waals surface area contributed by atoms with Crippen molar-refractivity contribution in [2.75, 3.05) is 11.5 Å². The van der Waals surface area contributed by atoms with E-state index in [1.807, 2.05) is 12.1 Å². The number of esters is 1. The van der Waals surface area contributed by atoms with E-state index in [0.717, 1.165) is 77.0 Å². The quantitative estimate of drug-likeness (QED) is 0.126. The van der Waals surface area contributed by atoms with Gasteiger partial charge < -0.3 is 9.84 Å². The highest BCUT2D eigenvalue weighted by molar-refractivity contribution is 7.84. The molecule has 2 fully saturated rings. The number of benzene rings is 1. The van der Waals surface area contributed by atoms with Gasteiger partial charge in [0.1, 0.15) is 11.9 Å². The van der Waals surface area contributed by atoms with Gasteiger partial charge in [-0.15, -0.1) is 0 Å². The van der Waals surface area contributed by atoms with Crippen LogP contribution in [0.2, 0.25) is 0 Å². The summed E-state index contributed by atoms with van der Waals surface area (Å²) in [6.07, 6.45) is 5.71. The summed E-state index contributed by atoms with van der Waals surface area (Å²) in [6.45, 7) is 3.83. The van der Waals surface area contributed by atoms with E-state index in [-0.39, 0.29) is 23.2 Å².